The molecular formula is C27H26N2O5. The van der Waals surface area contributed by atoms with E-state index in [-0.39, 0.29) is 6.03 Å². The third-order valence-electron chi connectivity index (χ3n) is 5.79. The highest BCUT2D eigenvalue weighted by molar-refractivity contribution is 5.92. The van der Waals surface area contributed by atoms with E-state index in [1.807, 2.05) is 48.5 Å². The van der Waals surface area contributed by atoms with Crippen LogP contribution >= 0.6 is 0 Å². The average molecular weight is 459 g/mol. The zero-order valence-corrected chi connectivity index (χ0v) is 19.0. The average Bonchev–Trinajstić information content (AvgIpc) is 2.92. The molecule has 1 aliphatic rings. The molecule has 0 saturated carbocycles. The van der Waals surface area contributed by atoms with Gasteiger partial charge in [-0.05, 0) is 41.0 Å². The second-order valence-corrected chi connectivity index (χ2v) is 7.94. The van der Waals surface area contributed by atoms with Crippen molar-refractivity contribution >= 4 is 24.0 Å². The van der Waals surface area contributed by atoms with Crippen LogP contribution in [-0.4, -0.2) is 56.6 Å². The van der Waals surface area contributed by atoms with E-state index in [4.69, 9.17) is 9.47 Å². The Labute approximate surface area is 198 Å². The maximum absolute atomic E-state index is 13.4. The van der Waals surface area contributed by atoms with Crippen molar-refractivity contribution in [2.75, 3.05) is 38.3 Å². The smallest absolute Gasteiger partial charge is 0.337 e. The van der Waals surface area contributed by atoms with Crippen LogP contribution in [0.3, 0.4) is 0 Å². The van der Waals surface area contributed by atoms with E-state index in [1.165, 1.54) is 7.11 Å². The Hall–Kier alpha value is -3.97. The van der Waals surface area contributed by atoms with Crippen molar-refractivity contribution in [3.63, 3.8) is 0 Å². The summed E-state index contributed by atoms with van der Waals surface area (Å²) in [7, 11) is 1.35. The zero-order valence-electron chi connectivity index (χ0n) is 19.0. The molecule has 0 aliphatic carbocycles. The van der Waals surface area contributed by atoms with Crippen molar-refractivity contribution in [1.82, 2.24) is 4.90 Å². The maximum Gasteiger partial charge on any atom is 0.337 e. The number of urea groups is 1. The fourth-order valence-electron chi connectivity index (χ4n) is 3.83. The molecule has 3 aromatic carbocycles. The lowest BCUT2D eigenvalue weighted by atomic mass is 10.0. The molecule has 0 spiro atoms. The van der Waals surface area contributed by atoms with Gasteiger partial charge >= 0.3 is 12.0 Å². The molecule has 3 aromatic rings. The molecule has 4 rings (SSSR count). The summed E-state index contributed by atoms with van der Waals surface area (Å²) >= 11 is 0. The summed E-state index contributed by atoms with van der Waals surface area (Å²) in [5.74, 6) is -0.399. The van der Waals surface area contributed by atoms with Crippen LogP contribution in [0.2, 0.25) is 0 Å². The van der Waals surface area contributed by atoms with Crippen LogP contribution in [0.4, 0.5) is 10.5 Å². The van der Waals surface area contributed by atoms with Gasteiger partial charge in [0.1, 0.15) is 6.29 Å². The number of methoxy groups -OCH3 is 1. The molecule has 174 valence electrons. The van der Waals surface area contributed by atoms with Gasteiger partial charge in [-0.25, -0.2) is 9.59 Å². The number of benzene rings is 3. The Bertz CT molecular complexity index is 1140. The first kappa shape index (κ1) is 23.2. The molecule has 1 fully saturated rings. The van der Waals surface area contributed by atoms with Crippen LogP contribution in [0.15, 0.2) is 72.8 Å². The number of carbonyl (C=O) groups is 3. The molecule has 0 N–H and O–H groups in total. The van der Waals surface area contributed by atoms with Crippen LogP contribution in [0.5, 0.6) is 0 Å². The van der Waals surface area contributed by atoms with Crippen molar-refractivity contribution in [3.8, 4) is 11.1 Å². The molecule has 34 heavy (non-hydrogen) atoms. The molecule has 7 heteroatoms. The van der Waals surface area contributed by atoms with Crippen LogP contribution in [0.25, 0.3) is 11.1 Å². The number of hydrogen-bond donors (Lipinski definition) is 0. The van der Waals surface area contributed by atoms with Gasteiger partial charge in [0.25, 0.3) is 0 Å². The van der Waals surface area contributed by atoms with E-state index in [9.17, 15) is 14.4 Å². The van der Waals surface area contributed by atoms with Crippen molar-refractivity contribution in [3.05, 3.63) is 89.5 Å². The molecule has 7 nitrogen and oxygen atoms in total. The summed E-state index contributed by atoms with van der Waals surface area (Å²) in [5, 5.41) is 0. The van der Waals surface area contributed by atoms with Gasteiger partial charge in [-0.1, -0.05) is 48.5 Å². The Morgan fingerprint density at radius 2 is 1.50 bits per heavy atom. The summed E-state index contributed by atoms with van der Waals surface area (Å²) in [6, 6.07) is 22.1. The van der Waals surface area contributed by atoms with Crippen molar-refractivity contribution in [1.29, 1.82) is 0 Å². The first-order chi connectivity index (χ1) is 16.6. The number of ether oxygens (including phenoxy) is 2. The van der Waals surface area contributed by atoms with E-state index in [1.54, 1.807) is 34.1 Å². The minimum absolute atomic E-state index is 0.0940. The second-order valence-electron chi connectivity index (χ2n) is 7.94. The summed E-state index contributed by atoms with van der Waals surface area (Å²) < 4.78 is 10.2. The fraction of sp³-hybridized carbons (Fsp3) is 0.222. The maximum atomic E-state index is 13.4. The van der Waals surface area contributed by atoms with E-state index in [0.29, 0.717) is 44.0 Å². The van der Waals surface area contributed by atoms with E-state index in [0.717, 1.165) is 28.7 Å². The number of aldehydes is 1. The second kappa shape index (κ2) is 10.8. The van der Waals surface area contributed by atoms with Crippen LogP contribution < -0.4 is 4.90 Å². The number of amides is 2. The van der Waals surface area contributed by atoms with Gasteiger partial charge < -0.3 is 14.4 Å². The van der Waals surface area contributed by atoms with Crippen molar-refractivity contribution in [2.45, 2.75) is 6.54 Å². The minimum Gasteiger partial charge on any atom is -0.465 e. The Morgan fingerprint density at radius 1 is 0.912 bits per heavy atom. The first-order valence-corrected chi connectivity index (χ1v) is 11.1. The SMILES string of the molecule is COC(=O)c1ccc(CN(C(=O)N2CCOCC2)c2ccc(-c3ccc(C=O)cc3)cc2)cc1. The Morgan fingerprint density at radius 3 is 2.06 bits per heavy atom. The number of rotatable bonds is 6. The van der Waals surface area contributed by atoms with Gasteiger partial charge in [-0.15, -0.1) is 0 Å². The van der Waals surface area contributed by atoms with Gasteiger partial charge in [-0.2, -0.15) is 0 Å². The monoisotopic (exact) mass is 458 g/mol. The summed E-state index contributed by atoms with van der Waals surface area (Å²) in [6.45, 7) is 2.47. The number of nitrogens with zero attached hydrogens (tertiary/aromatic N) is 2. The van der Waals surface area contributed by atoms with E-state index in [2.05, 4.69) is 0 Å². The quantitative estimate of drug-likeness (QED) is 0.404. The number of hydrogen-bond acceptors (Lipinski definition) is 5. The Kier molecular flexibility index (Phi) is 7.34. The van der Waals surface area contributed by atoms with Gasteiger partial charge in [0.05, 0.1) is 32.4 Å². The van der Waals surface area contributed by atoms with Gasteiger partial charge in [-0.3, -0.25) is 9.69 Å². The number of carbonyl (C=O) groups excluding carboxylic acids is 3. The molecule has 0 atom stereocenters. The predicted octanol–water partition coefficient (Wildman–Crippen LogP) is 4.41. The minimum atomic E-state index is -0.399. The highest BCUT2D eigenvalue weighted by atomic mass is 16.5. The molecule has 1 heterocycles. The molecule has 1 aliphatic heterocycles. The van der Waals surface area contributed by atoms with Gasteiger partial charge in [0.15, 0.2) is 0 Å². The molecule has 0 aromatic heterocycles. The molecule has 0 unspecified atom stereocenters. The predicted molar refractivity (Wildman–Crippen MR) is 129 cm³/mol. The fourth-order valence-corrected chi connectivity index (χ4v) is 3.83. The summed E-state index contributed by atoms with van der Waals surface area (Å²) in [5.41, 5.74) is 4.72. The van der Waals surface area contributed by atoms with Crippen molar-refractivity contribution in [2.24, 2.45) is 0 Å². The normalized spacial score (nSPS) is 13.3. The van der Waals surface area contributed by atoms with Crippen LogP contribution in [0, 0.1) is 0 Å². The standard InChI is InChI=1S/C27H26N2O5/c1-33-26(31)24-8-2-20(3-9-24)18-29(27(32)28-14-16-34-17-15-28)25-12-10-23(11-13-25)22-6-4-21(19-30)5-7-22/h2-13,19H,14-18H2,1H3. The van der Waals surface area contributed by atoms with Gasteiger partial charge in [0.2, 0.25) is 0 Å². The summed E-state index contributed by atoms with van der Waals surface area (Å²) in [6.07, 6.45) is 0.819. The van der Waals surface area contributed by atoms with Crippen molar-refractivity contribution < 1.29 is 23.9 Å². The highest BCUT2D eigenvalue weighted by Crippen LogP contribution is 2.26. The molecular weight excluding hydrogens is 432 g/mol. The Balaban J connectivity index is 1.59. The largest absolute Gasteiger partial charge is 0.465 e. The van der Waals surface area contributed by atoms with Crippen LogP contribution in [-0.2, 0) is 16.0 Å². The molecule has 1 saturated heterocycles. The number of anilines is 1. The zero-order chi connectivity index (χ0) is 23.9. The highest BCUT2D eigenvalue weighted by Gasteiger charge is 2.24. The first-order valence-electron chi connectivity index (χ1n) is 11.1. The third-order valence-corrected chi connectivity index (χ3v) is 5.79. The van der Waals surface area contributed by atoms with E-state index < -0.39 is 5.97 Å². The number of esters is 1. The number of morpholine rings is 1. The molecule has 0 radical (unpaired) electrons. The lowest BCUT2D eigenvalue weighted by Crippen LogP contribution is -2.48. The topological polar surface area (TPSA) is 76.2 Å². The third kappa shape index (κ3) is 5.32. The lowest BCUT2D eigenvalue weighted by Gasteiger charge is -2.33. The van der Waals surface area contributed by atoms with Gasteiger partial charge in [0, 0.05) is 24.3 Å². The van der Waals surface area contributed by atoms with E-state index >= 15 is 0 Å². The molecule has 2 amide bonds. The van der Waals surface area contributed by atoms with Crippen LogP contribution in [0.1, 0.15) is 26.3 Å². The lowest BCUT2D eigenvalue weighted by molar-refractivity contribution is 0.0548. The summed E-state index contributed by atoms with van der Waals surface area (Å²) in [4.78, 5) is 39.6. The molecule has 0 bridgehead atoms.